The van der Waals surface area contributed by atoms with Crippen LogP contribution < -0.4 is 5.32 Å². The summed E-state index contributed by atoms with van der Waals surface area (Å²) in [6, 6.07) is 8.48. The number of aryl methyl sites for hydroxylation is 1. The number of benzene rings is 1. The molecular formula is C15H18N2O3. The fourth-order valence-corrected chi connectivity index (χ4v) is 1.90. The van der Waals surface area contributed by atoms with Crippen LogP contribution in [0.2, 0.25) is 0 Å². The molecule has 5 nitrogen and oxygen atoms in total. The summed E-state index contributed by atoms with van der Waals surface area (Å²) in [5.41, 5.74) is 2.64. The van der Waals surface area contributed by atoms with E-state index in [1.165, 1.54) is 17.4 Å². The highest BCUT2D eigenvalue weighted by Gasteiger charge is 2.13. The molecule has 0 unspecified atom stereocenters. The second-order valence-corrected chi connectivity index (χ2v) is 4.23. The molecule has 0 aliphatic heterocycles. The molecule has 0 bridgehead atoms. The highest BCUT2D eigenvalue weighted by atomic mass is 16.5. The number of anilines is 1. The van der Waals surface area contributed by atoms with Crippen molar-refractivity contribution in [3.63, 3.8) is 0 Å². The number of nitrogens with one attached hydrogen (secondary N) is 1. The average molecular weight is 274 g/mol. The van der Waals surface area contributed by atoms with Gasteiger partial charge >= 0.3 is 5.97 Å². The third kappa shape index (κ3) is 3.38. The lowest BCUT2D eigenvalue weighted by Crippen LogP contribution is -2.06. The highest BCUT2D eigenvalue weighted by molar-refractivity contribution is 5.87. The van der Waals surface area contributed by atoms with Gasteiger partial charge in [-0.2, -0.15) is 4.98 Å². The van der Waals surface area contributed by atoms with E-state index in [9.17, 15) is 4.79 Å². The molecule has 5 heteroatoms. The van der Waals surface area contributed by atoms with Crippen LogP contribution in [0.5, 0.6) is 0 Å². The molecule has 2 rings (SSSR count). The van der Waals surface area contributed by atoms with Gasteiger partial charge in [-0.05, 0) is 24.5 Å². The maximum absolute atomic E-state index is 11.5. The van der Waals surface area contributed by atoms with E-state index in [-0.39, 0.29) is 5.69 Å². The third-order valence-electron chi connectivity index (χ3n) is 2.92. The Morgan fingerprint density at radius 3 is 2.75 bits per heavy atom. The average Bonchev–Trinajstić information content (AvgIpc) is 2.94. The number of oxazole rings is 1. The van der Waals surface area contributed by atoms with Crippen molar-refractivity contribution in [1.82, 2.24) is 4.98 Å². The van der Waals surface area contributed by atoms with E-state index in [4.69, 9.17) is 9.15 Å². The number of hydrogen-bond acceptors (Lipinski definition) is 5. The van der Waals surface area contributed by atoms with Crippen molar-refractivity contribution in [3.8, 4) is 0 Å². The summed E-state index contributed by atoms with van der Waals surface area (Å²) in [4.78, 5) is 15.5. The summed E-state index contributed by atoms with van der Waals surface area (Å²) in [5, 5.41) is 3.07. The van der Waals surface area contributed by atoms with Crippen molar-refractivity contribution >= 4 is 12.0 Å². The van der Waals surface area contributed by atoms with Gasteiger partial charge in [-0.25, -0.2) is 4.79 Å². The molecule has 1 aromatic carbocycles. The van der Waals surface area contributed by atoms with E-state index < -0.39 is 5.97 Å². The molecule has 0 aliphatic carbocycles. The van der Waals surface area contributed by atoms with E-state index in [2.05, 4.69) is 29.4 Å². The van der Waals surface area contributed by atoms with Crippen LogP contribution in [-0.2, 0) is 17.7 Å². The molecular weight excluding hydrogens is 256 g/mol. The highest BCUT2D eigenvalue weighted by Crippen LogP contribution is 2.13. The first-order chi connectivity index (χ1) is 9.74. The molecule has 0 amide bonds. The zero-order valence-electron chi connectivity index (χ0n) is 11.7. The molecule has 20 heavy (non-hydrogen) atoms. The van der Waals surface area contributed by atoms with Crippen LogP contribution in [0, 0.1) is 0 Å². The minimum atomic E-state index is -0.474. The third-order valence-corrected chi connectivity index (χ3v) is 2.92. The zero-order chi connectivity index (χ0) is 14.4. The molecule has 0 fully saturated rings. The number of hydrogen-bond donors (Lipinski definition) is 1. The SMILES string of the molecule is CCOC(=O)c1coc(NCc2ccccc2CC)n1. The van der Waals surface area contributed by atoms with Gasteiger partial charge in [0.15, 0.2) is 5.69 Å². The van der Waals surface area contributed by atoms with Gasteiger partial charge in [0.05, 0.1) is 6.61 Å². The molecule has 0 aliphatic rings. The fraction of sp³-hybridized carbons (Fsp3) is 0.333. The van der Waals surface area contributed by atoms with Crippen LogP contribution in [0.4, 0.5) is 6.01 Å². The van der Waals surface area contributed by atoms with Gasteiger partial charge < -0.3 is 14.5 Å². The molecule has 1 N–H and O–H groups in total. The Labute approximate surface area is 118 Å². The predicted molar refractivity (Wildman–Crippen MR) is 75.6 cm³/mol. The fourth-order valence-electron chi connectivity index (χ4n) is 1.90. The molecule has 0 spiro atoms. The largest absolute Gasteiger partial charge is 0.461 e. The molecule has 2 aromatic rings. The van der Waals surface area contributed by atoms with E-state index in [1.54, 1.807) is 6.92 Å². The second-order valence-electron chi connectivity index (χ2n) is 4.23. The van der Waals surface area contributed by atoms with Crippen LogP contribution >= 0.6 is 0 Å². The number of esters is 1. The number of aromatic nitrogens is 1. The van der Waals surface area contributed by atoms with Crippen LogP contribution in [0.25, 0.3) is 0 Å². The number of carbonyl (C=O) groups excluding carboxylic acids is 1. The first-order valence-electron chi connectivity index (χ1n) is 6.67. The normalized spacial score (nSPS) is 10.3. The Morgan fingerprint density at radius 2 is 2.05 bits per heavy atom. The van der Waals surface area contributed by atoms with Crippen LogP contribution in [0.1, 0.15) is 35.5 Å². The molecule has 0 saturated heterocycles. The number of ether oxygens (including phenoxy) is 1. The Morgan fingerprint density at radius 1 is 1.30 bits per heavy atom. The van der Waals surface area contributed by atoms with Crippen molar-refractivity contribution in [3.05, 3.63) is 47.3 Å². The van der Waals surface area contributed by atoms with Gasteiger partial charge in [0.1, 0.15) is 6.26 Å². The maximum Gasteiger partial charge on any atom is 0.360 e. The van der Waals surface area contributed by atoms with Gasteiger partial charge in [-0.15, -0.1) is 0 Å². The van der Waals surface area contributed by atoms with E-state index in [1.807, 2.05) is 12.1 Å². The zero-order valence-corrected chi connectivity index (χ0v) is 11.7. The van der Waals surface area contributed by atoms with Gasteiger partial charge in [0.25, 0.3) is 6.01 Å². The van der Waals surface area contributed by atoms with Crippen molar-refractivity contribution in [2.45, 2.75) is 26.8 Å². The van der Waals surface area contributed by atoms with Gasteiger partial charge in [-0.3, -0.25) is 0 Å². The van der Waals surface area contributed by atoms with E-state index >= 15 is 0 Å². The Hall–Kier alpha value is -2.30. The summed E-state index contributed by atoms with van der Waals surface area (Å²) in [6.45, 7) is 4.78. The van der Waals surface area contributed by atoms with Crippen molar-refractivity contribution in [2.24, 2.45) is 0 Å². The van der Waals surface area contributed by atoms with E-state index in [0.29, 0.717) is 19.2 Å². The standard InChI is InChI=1S/C15H18N2O3/c1-3-11-7-5-6-8-12(11)9-16-15-17-13(10-20-15)14(18)19-4-2/h5-8,10H,3-4,9H2,1-2H3,(H,16,17). The molecule has 106 valence electrons. The number of rotatable bonds is 6. The summed E-state index contributed by atoms with van der Waals surface area (Å²) < 4.78 is 10.1. The smallest absolute Gasteiger partial charge is 0.360 e. The quantitative estimate of drug-likeness (QED) is 0.820. The summed E-state index contributed by atoms with van der Waals surface area (Å²) in [6.07, 6.45) is 2.27. The summed E-state index contributed by atoms with van der Waals surface area (Å²) in [5.74, 6) is -0.474. The molecule has 0 saturated carbocycles. The molecule has 1 heterocycles. The number of carbonyl (C=O) groups is 1. The Kier molecular flexibility index (Phi) is 4.76. The van der Waals surface area contributed by atoms with Crippen molar-refractivity contribution < 1.29 is 13.9 Å². The topological polar surface area (TPSA) is 64.4 Å². The maximum atomic E-state index is 11.5. The first kappa shape index (κ1) is 14.1. The van der Waals surface area contributed by atoms with Crippen LogP contribution in [-0.4, -0.2) is 17.6 Å². The van der Waals surface area contributed by atoms with Crippen molar-refractivity contribution in [1.29, 1.82) is 0 Å². The van der Waals surface area contributed by atoms with Gasteiger partial charge in [-0.1, -0.05) is 31.2 Å². The van der Waals surface area contributed by atoms with Crippen LogP contribution in [0.15, 0.2) is 34.9 Å². The van der Waals surface area contributed by atoms with Gasteiger partial charge in [0, 0.05) is 6.54 Å². The minimum absolute atomic E-state index is 0.179. The Balaban J connectivity index is 1.99. The first-order valence-corrected chi connectivity index (χ1v) is 6.67. The second kappa shape index (κ2) is 6.75. The van der Waals surface area contributed by atoms with Gasteiger partial charge in [0.2, 0.25) is 0 Å². The lowest BCUT2D eigenvalue weighted by Gasteiger charge is -2.07. The lowest BCUT2D eigenvalue weighted by molar-refractivity contribution is 0.0519. The van der Waals surface area contributed by atoms with E-state index in [0.717, 1.165) is 6.42 Å². The van der Waals surface area contributed by atoms with Crippen molar-refractivity contribution in [2.75, 3.05) is 11.9 Å². The lowest BCUT2D eigenvalue weighted by atomic mass is 10.1. The summed E-state index contributed by atoms with van der Waals surface area (Å²) >= 11 is 0. The minimum Gasteiger partial charge on any atom is -0.461 e. The molecule has 1 aromatic heterocycles. The Bertz CT molecular complexity index is 578. The molecule has 0 radical (unpaired) electrons. The van der Waals surface area contributed by atoms with Crippen LogP contribution in [0.3, 0.4) is 0 Å². The summed E-state index contributed by atoms with van der Waals surface area (Å²) in [7, 11) is 0. The molecule has 0 atom stereocenters. The monoisotopic (exact) mass is 274 g/mol. The predicted octanol–water partition coefficient (Wildman–Crippen LogP) is 3.03. The number of nitrogens with zero attached hydrogens (tertiary/aromatic N) is 1.